The number of likely N-dealkylation sites (tertiary alicyclic amines) is 1. The fourth-order valence-corrected chi connectivity index (χ4v) is 5.59. The van der Waals surface area contributed by atoms with E-state index in [4.69, 9.17) is 27.9 Å². The van der Waals surface area contributed by atoms with E-state index in [1.165, 1.54) is 24.2 Å². The second kappa shape index (κ2) is 6.68. The topological polar surface area (TPSA) is 33.9 Å². The lowest BCUT2D eigenvalue weighted by atomic mass is 9.65. The van der Waals surface area contributed by atoms with Gasteiger partial charge in [0.15, 0.2) is 0 Å². The van der Waals surface area contributed by atoms with Crippen LogP contribution >= 0.6 is 23.2 Å². The standard InChI is InChI=1S/C19H27Cl2NO2/c1-18(2)7-14-8-19(3,11-18)12-22(14)9-15(23)10-24-17-5-4-13(20)6-16(17)21/h4-6,14-15,23H,7-12H2,1-3H3/p+1/t14-,15-,19-/m1/s1. The third-order valence-corrected chi connectivity index (χ3v) is 6.03. The summed E-state index contributed by atoms with van der Waals surface area (Å²) < 4.78 is 5.69. The van der Waals surface area contributed by atoms with E-state index >= 15 is 0 Å². The van der Waals surface area contributed by atoms with Gasteiger partial charge in [0.25, 0.3) is 0 Å². The van der Waals surface area contributed by atoms with Crippen LogP contribution in [0.15, 0.2) is 18.2 Å². The molecule has 1 saturated heterocycles. The highest BCUT2D eigenvalue weighted by molar-refractivity contribution is 6.35. The molecule has 1 unspecified atom stereocenters. The molecule has 24 heavy (non-hydrogen) atoms. The Bertz CT molecular complexity index is 607. The van der Waals surface area contributed by atoms with Gasteiger partial charge >= 0.3 is 0 Å². The predicted molar refractivity (Wildman–Crippen MR) is 98.2 cm³/mol. The monoisotopic (exact) mass is 372 g/mol. The molecule has 2 bridgehead atoms. The summed E-state index contributed by atoms with van der Waals surface area (Å²) in [6.07, 6.45) is 3.32. The highest BCUT2D eigenvalue weighted by atomic mass is 35.5. The Labute approximate surface area is 154 Å². The molecule has 2 fully saturated rings. The summed E-state index contributed by atoms with van der Waals surface area (Å²) in [6.45, 7) is 9.31. The molecule has 0 aromatic heterocycles. The average molecular weight is 373 g/mol. The molecule has 1 heterocycles. The van der Waals surface area contributed by atoms with Gasteiger partial charge in [-0.3, -0.25) is 0 Å². The van der Waals surface area contributed by atoms with Crippen LogP contribution in [0.25, 0.3) is 0 Å². The number of quaternary nitrogens is 1. The number of ether oxygens (including phenoxy) is 1. The molecular formula is C19H28Cl2NO2+. The van der Waals surface area contributed by atoms with Crippen LogP contribution in [0.5, 0.6) is 5.75 Å². The molecule has 0 spiro atoms. The van der Waals surface area contributed by atoms with Gasteiger partial charge in [0, 0.05) is 23.3 Å². The summed E-state index contributed by atoms with van der Waals surface area (Å²) in [5.74, 6) is 0.573. The van der Waals surface area contributed by atoms with E-state index < -0.39 is 6.10 Å². The van der Waals surface area contributed by atoms with Crippen molar-refractivity contribution in [1.82, 2.24) is 0 Å². The van der Waals surface area contributed by atoms with Gasteiger partial charge in [-0.1, -0.05) is 44.0 Å². The van der Waals surface area contributed by atoms with Crippen LogP contribution in [0.3, 0.4) is 0 Å². The second-order valence-electron chi connectivity index (χ2n) is 8.84. The number of benzene rings is 1. The molecule has 1 aromatic rings. The van der Waals surface area contributed by atoms with E-state index in [0.717, 1.165) is 13.1 Å². The van der Waals surface area contributed by atoms with Crippen molar-refractivity contribution in [2.75, 3.05) is 19.7 Å². The third-order valence-electron chi connectivity index (χ3n) is 5.50. The molecule has 0 amide bonds. The van der Waals surface area contributed by atoms with E-state index in [9.17, 15) is 5.11 Å². The van der Waals surface area contributed by atoms with Gasteiger partial charge in [-0.05, 0) is 30.0 Å². The second-order valence-corrected chi connectivity index (χ2v) is 9.68. The third kappa shape index (κ3) is 4.19. The summed E-state index contributed by atoms with van der Waals surface area (Å²) >= 11 is 12.0. The molecular weight excluding hydrogens is 345 g/mol. The van der Waals surface area contributed by atoms with E-state index in [0.29, 0.717) is 32.7 Å². The molecule has 134 valence electrons. The normalized spacial score (nSPS) is 32.6. The maximum Gasteiger partial charge on any atom is 0.138 e. The minimum Gasteiger partial charge on any atom is -0.489 e. The number of aliphatic hydroxyl groups is 1. The number of rotatable bonds is 5. The molecule has 2 aliphatic rings. The van der Waals surface area contributed by atoms with E-state index in [-0.39, 0.29) is 6.61 Å². The maximum absolute atomic E-state index is 10.4. The van der Waals surface area contributed by atoms with Crippen molar-refractivity contribution in [2.45, 2.75) is 52.2 Å². The molecule has 3 nitrogen and oxygen atoms in total. The minimum absolute atomic E-state index is 0.262. The lowest BCUT2D eigenvalue weighted by Gasteiger charge is -2.37. The number of hydrogen-bond donors (Lipinski definition) is 2. The van der Waals surface area contributed by atoms with Crippen LogP contribution in [0.2, 0.25) is 10.0 Å². The van der Waals surface area contributed by atoms with Crippen molar-refractivity contribution >= 4 is 23.2 Å². The van der Waals surface area contributed by atoms with Crippen molar-refractivity contribution in [1.29, 1.82) is 0 Å². The van der Waals surface area contributed by atoms with Gasteiger partial charge in [0.2, 0.25) is 0 Å². The van der Waals surface area contributed by atoms with E-state index in [1.807, 2.05) is 0 Å². The maximum atomic E-state index is 10.4. The Hall–Kier alpha value is -0.480. The van der Waals surface area contributed by atoms with Gasteiger partial charge in [-0.2, -0.15) is 0 Å². The molecule has 3 rings (SSSR count). The van der Waals surface area contributed by atoms with Crippen molar-refractivity contribution in [2.24, 2.45) is 10.8 Å². The van der Waals surface area contributed by atoms with Gasteiger partial charge in [-0.25, -0.2) is 0 Å². The largest absolute Gasteiger partial charge is 0.489 e. The fourth-order valence-electron chi connectivity index (χ4n) is 5.13. The smallest absolute Gasteiger partial charge is 0.138 e. The van der Waals surface area contributed by atoms with Crippen molar-refractivity contribution < 1.29 is 14.7 Å². The summed E-state index contributed by atoms with van der Waals surface area (Å²) in [5.41, 5.74) is 0.833. The first kappa shape index (κ1) is 18.3. The Morgan fingerprint density at radius 1 is 1.29 bits per heavy atom. The molecule has 5 heteroatoms. The van der Waals surface area contributed by atoms with Crippen molar-refractivity contribution in [3.63, 3.8) is 0 Å². The number of halogens is 2. The lowest BCUT2D eigenvalue weighted by Crippen LogP contribution is -3.15. The summed E-state index contributed by atoms with van der Waals surface area (Å²) in [5, 5.41) is 11.5. The van der Waals surface area contributed by atoms with Crippen LogP contribution in [-0.2, 0) is 0 Å². The number of aliphatic hydroxyl groups excluding tert-OH is 1. The van der Waals surface area contributed by atoms with E-state index in [2.05, 4.69) is 20.8 Å². The zero-order valence-electron chi connectivity index (χ0n) is 14.7. The Morgan fingerprint density at radius 3 is 2.75 bits per heavy atom. The zero-order valence-corrected chi connectivity index (χ0v) is 16.3. The van der Waals surface area contributed by atoms with Gasteiger partial charge < -0.3 is 14.7 Å². The highest BCUT2D eigenvalue weighted by Gasteiger charge is 2.52. The first-order valence-electron chi connectivity index (χ1n) is 8.76. The van der Waals surface area contributed by atoms with Crippen LogP contribution in [0.4, 0.5) is 0 Å². The van der Waals surface area contributed by atoms with Gasteiger partial charge in [0.05, 0.1) is 17.6 Å². The Morgan fingerprint density at radius 2 is 2.04 bits per heavy atom. The molecule has 1 aliphatic heterocycles. The van der Waals surface area contributed by atoms with Crippen molar-refractivity contribution in [3.05, 3.63) is 28.2 Å². The highest BCUT2D eigenvalue weighted by Crippen LogP contribution is 2.47. The molecule has 1 aromatic carbocycles. The van der Waals surface area contributed by atoms with Crippen LogP contribution in [0, 0.1) is 10.8 Å². The number of nitrogens with one attached hydrogen (secondary N) is 1. The summed E-state index contributed by atoms with van der Waals surface area (Å²) in [4.78, 5) is 1.53. The average Bonchev–Trinajstić information content (AvgIpc) is 2.66. The first-order valence-corrected chi connectivity index (χ1v) is 9.52. The fraction of sp³-hybridized carbons (Fsp3) is 0.684. The lowest BCUT2D eigenvalue weighted by molar-refractivity contribution is -0.917. The molecule has 4 atom stereocenters. The zero-order chi connectivity index (χ0) is 17.5. The van der Waals surface area contributed by atoms with E-state index in [1.54, 1.807) is 18.2 Å². The molecule has 1 aliphatic carbocycles. The molecule has 1 saturated carbocycles. The van der Waals surface area contributed by atoms with Gasteiger partial charge in [0.1, 0.15) is 25.0 Å². The Kier molecular flexibility index (Phi) is 5.10. The quantitative estimate of drug-likeness (QED) is 0.831. The minimum atomic E-state index is -0.488. The SMILES string of the molecule is CC1(C)C[C@@H]2C[C@@](C)(C[NH+]2C[C@@H](O)COc2ccc(Cl)cc2Cl)C1. The summed E-state index contributed by atoms with van der Waals surface area (Å²) in [6, 6.07) is 5.80. The Balaban J connectivity index is 1.55. The van der Waals surface area contributed by atoms with Crippen LogP contribution < -0.4 is 9.64 Å². The van der Waals surface area contributed by atoms with Crippen LogP contribution in [0.1, 0.15) is 40.0 Å². The van der Waals surface area contributed by atoms with Gasteiger partial charge in [-0.15, -0.1) is 0 Å². The summed E-state index contributed by atoms with van der Waals surface area (Å²) in [7, 11) is 0. The number of hydrogen-bond acceptors (Lipinski definition) is 2. The number of fused-ring (bicyclic) bond motifs is 2. The van der Waals surface area contributed by atoms with Crippen LogP contribution in [-0.4, -0.2) is 36.9 Å². The predicted octanol–water partition coefficient (Wildman–Crippen LogP) is 3.22. The van der Waals surface area contributed by atoms with Crippen molar-refractivity contribution in [3.8, 4) is 5.75 Å². The molecule has 2 N–H and O–H groups in total. The molecule has 0 radical (unpaired) electrons. The first-order chi connectivity index (χ1) is 11.2.